The van der Waals surface area contributed by atoms with Gasteiger partial charge in [-0.1, -0.05) is 18.4 Å². The summed E-state index contributed by atoms with van der Waals surface area (Å²) < 4.78 is 12.4. The second-order valence-corrected chi connectivity index (χ2v) is 6.48. The summed E-state index contributed by atoms with van der Waals surface area (Å²) in [6.45, 7) is 8.60. The number of methoxy groups -OCH3 is 2. The molecule has 1 aromatic heterocycles. The van der Waals surface area contributed by atoms with Crippen LogP contribution in [0.1, 0.15) is 30.9 Å². The summed E-state index contributed by atoms with van der Waals surface area (Å²) in [4.78, 5) is 6.37. The van der Waals surface area contributed by atoms with E-state index >= 15 is 0 Å². The van der Waals surface area contributed by atoms with Crippen molar-refractivity contribution in [3.63, 3.8) is 0 Å². The largest absolute Gasteiger partial charge is 0.493 e. The van der Waals surface area contributed by atoms with Crippen LogP contribution in [-0.2, 0) is 7.05 Å². The fourth-order valence-corrected chi connectivity index (χ4v) is 2.82. The summed E-state index contributed by atoms with van der Waals surface area (Å²) in [7, 11) is 4.99. The van der Waals surface area contributed by atoms with Gasteiger partial charge in [-0.2, -0.15) is 0 Å². The molecule has 1 aromatic carbocycles. The Morgan fingerprint density at radius 3 is 2.57 bits per heavy atom. The van der Waals surface area contributed by atoms with Gasteiger partial charge < -0.3 is 24.3 Å². The fraction of sp³-hybridized carbons (Fsp3) is 0.304. The molecule has 0 aliphatic carbocycles. The number of nitrogens with zero attached hydrogens (tertiary/aromatic N) is 3. The average Bonchev–Trinajstić information content (AvgIpc) is 3.03. The molecule has 1 heterocycles. The van der Waals surface area contributed by atoms with E-state index in [2.05, 4.69) is 34.6 Å². The molecule has 0 unspecified atom stereocenters. The molecule has 2 aromatic rings. The summed E-state index contributed by atoms with van der Waals surface area (Å²) in [6, 6.07) is 5.45. The molecule has 0 radical (unpaired) electrons. The van der Waals surface area contributed by atoms with Crippen molar-refractivity contribution in [3.05, 3.63) is 47.6 Å². The molecule has 7 nitrogen and oxygen atoms in total. The lowest BCUT2D eigenvalue weighted by atomic mass is 10.2. The number of allylic oxidation sites excluding steroid dienone is 1. The lowest BCUT2D eigenvalue weighted by molar-refractivity contribution is 0.355. The third-order valence-electron chi connectivity index (χ3n) is 4.33. The van der Waals surface area contributed by atoms with E-state index in [1.54, 1.807) is 35.8 Å². The van der Waals surface area contributed by atoms with Crippen molar-refractivity contribution < 1.29 is 9.47 Å². The molecule has 0 aliphatic rings. The zero-order valence-electron chi connectivity index (χ0n) is 18.1. The van der Waals surface area contributed by atoms with Gasteiger partial charge in [-0.25, -0.2) is 4.98 Å². The number of hydrogen-bond acceptors (Lipinski definition) is 5. The molecule has 156 valence electrons. The van der Waals surface area contributed by atoms with Crippen molar-refractivity contribution in [3.8, 4) is 35.7 Å². The van der Waals surface area contributed by atoms with E-state index in [0.29, 0.717) is 47.6 Å². The van der Waals surface area contributed by atoms with E-state index in [-0.39, 0.29) is 5.84 Å². The first kappa shape index (κ1) is 22.4. The molecule has 0 spiro atoms. The minimum Gasteiger partial charge on any atom is -0.493 e. The number of benzene rings is 1. The predicted octanol–water partition coefficient (Wildman–Crippen LogP) is 3.06. The summed E-state index contributed by atoms with van der Waals surface area (Å²) in [5, 5.41) is 11.8. The Labute approximate surface area is 178 Å². The van der Waals surface area contributed by atoms with E-state index < -0.39 is 0 Å². The number of hydrogen-bond donors (Lipinski definition) is 2. The topological polar surface area (TPSA) is 75.4 Å². The standard InChI is InChI=1S/C23H27N5O2/c1-8-14-28(9-2)22(24)21-23(25-16(3)4)26-20(27(21)5)13-11-17-10-12-18(29-6)19(15-17)30-7/h1,10,12,15,24-25H,3,9,14H2,2,4-7H3. The van der Waals surface area contributed by atoms with Crippen LogP contribution in [0.3, 0.4) is 0 Å². The van der Waals surface area contributed by atoms with Gasteiger partial charge in [0.05, 0.1) is 20.8 Å². The Morgan fingerprint density at radius 1 is 1.30 bits per heavy atom. The van der Waals surface area contributed by atoms with Crippen LogP contribution in [-0.4, -0.2) is 47.6 Å². The van der Waals surface area contributed by atoms with Gasteiger partial charge in [0, 0.05) is 24.9 Å². The second kappa shape index (κ2) is 10.1. The highest BCUT2D eigenvalue weighted by molar-refractivity contribution is 5.99. The van der Waals surface area contributed by atoms with Crippen LogP contribution in [0.4, 0.5) is 5.82 Å². The normalized spacial score (nSPS) is 9.73. The maximum atomic E-state index is 8.65. The number of imidazole rings is 1. The second-order valence-electron chi connectivity index (χ2n) is 6.48. The number of aromatic nitrogens is 2. The minimum atomic E-state index is 0.272. The van der Waals surface area contributed by atoms with Gasteiger partial charge in [-0.15, -0.1) is 6.42 Å². The third-order valence-corrected chi connectivity index (χ3v) is 4.33. The van der Waals surface area contributed by atoms with Gasteiger partial charge in [0.1, 0.15) is 11.5 Å². The molecule has 0 saturated carbocycles. The monoisotopic (exact) mass is 405 g/mol. The zero-order chi connectivity index (χ0) is 22.3. The SMILES string of the molecule is C#CCN(CC)C(=N)c1c(NC(=C)C)nc(C#Cc2ccc(OC)c(OC)c2)n1C. The van der Waals surface area contributed by atoms with E-state index in [4.69, 9.17) is 21.3 Å². The predicted molar refractivity (Wildman–Crippen MR) is 120 cm³/mol. The van der Waals surface area contributed by atoms with Gasteiger partial charge in [0.25, 0.3) is 0 Å². The van der Waals surface area contributed by atoms with Gasteiger partial charge in [-0.05, 0) is 38.0 Å². The Bertz CT molecular complexity index is 1050. The lowest BCUT2D eigenvalue weighted by Gasteiger charge is -2.22. The quantitative estimate of drug-likeness (QED) is 0.421. The number of amidine groups is 1. The van der Waals surface area contributed by atoms with Crippen molar-refractivity contribution in [1.29, 1.82) is 5.41 Å². The fourth-order valence-electron chi connectivity index (χ4n) is 2.82. The summed E-state index contributed by atoms with van der Waals surface area (Å²) in [5.41, 5.74) is 2.05. The van der Waals surface area contributed by atoms with Crippen molar-refractivity contribution in [1.82, 2.24) is 14.5 Å². The van der Waals surface area contributed by atoms with Gasteiger partial charge in [0.2, 0.25) is 0 Å². The molecule has 7 heteroatoms. The van der Waals surface area contributed by atoms with E-state index in [9.17, 15) is 0 Å². The molecule has 0 atom stereocenters. The highest BCUT2D eigenvalue weighted by Crippen LogP contribution is 2.27. The van der Waals surface area contributed by atoms with Crippen LogP contribution >= 0.6 is 0 Å². The first-order valence-corrected chi connectivity index (χ1v) is 9.36. The molecule has 2 rings (SSSR count). The number of ether oxygens (including phenoxy) is 2. The molecule has 0 bridgehead atoms. The maximum absolute atomic E-state index is 8.65. The lowest BCUT2D eigenvalue weighted by Crippen LogP contribution is -2.33. The third kappa shape index (κ3) is 4.95. The van der Waals surface area contributed by atoms with Crippen molar-refractivity contribution in [2.75, 3.05) is 32.6 Å². The minimum absolute atomic E-state index is 0.272. The molecule has 0 fully saturated rings. The van der Waals surface area contributed by atoms with Crippen molar-refractivity contribution in [2.24, 2.45) is 7.05 Å². The van der Waals surface area contributed by atoms with Crippen LogP contribution in [0.25, 0.3) is 0 Å². The Kier molecular flexibility index (Phi) is 7.55. The Morgan fingerprint density at radius 2 is 2.00 bits per heavy atom. The van der Waals surface area contributed by atoms with Crippen molar-refractivity contribution >= 4 is 11.7 Å². The Hall–Kier alpha value is -3.84. The molecular weight excluding hydrogens is 378 g/mol. The van der Waals surface area contributed by atoms with Crippen LogP contribution in [0.15, 0.2) is 30.5 Å². The molecule has 0 saturated heterocycles. The first-order chi connectivity index (χ1) is 14.4. The van der Waals surface area contributed by atoms with Crippen LogP contribution < -0.4 is 14.8 Å². The molecule has 0 aliphatic heterocycles. The molecule has 2 N–H and O–H groups in total. The smallest absolute Gasteiger partial charge is 0.188 e. The molecule has 0 amide bonds. The summed E-state index contributed by atoms with van der Waals surface area (Å²) >= 11 is 0. The van der Waals surface area contributed by atoms with Crippen molar-refractivity contribution in [2.45, 2.75) is 13.8 Å². The summed E-state index contributed by atoms with van der Waals surface area (Å²) in [6.07, 6.45) is 5.46. The first-order valence-electron chi connectivity index (χ1n) is 9.36. The maximum Gasteiger partial charge on any atom is 0.188 e. The highest BCUT2D eigenvalue weighted by Gasteiger charge is 2.21. The Balaban J connectivity index is 2.50. The van der Waals surface area contributed by atoms with E-state index in [1.165, 1.54) is 0 Å². The van der Waals surface area contributed by atoms with Gasteiger partial charge in [0.15, 0.2) is 23.1 Å². The average molecular weight is 406 g/mol. The highest BCUT2D eigenvalue weighted by atomic mass is 16.5. The van der Waals surface area contributed by atoms with Crippen LogP contribution in [0, 0.1) is 29.6 Å². The number of anilines is 1. The van der Waals surface area contributed by atoms with Gasteiger partial charge in [-0.3, -0.25) is 5.41 Å². The van der Waals surface area contributed by atoms with Gasteiger partial charge >= 0.3 is 0 Å². The zero-order valence-corrected chi connectivity index (χ0v) is 18.1. The van der Waals surface area contributed by atoms with Crippen LogP contribution in [0.5, 0.6) is 11.5 Å². The van der Waals surface area contributed by atoms with E-state index in [1.807, 2.05) is 27.0 Å². The van der Waals surface area contributed by atoms with Crippen LogP contribution in [0.2, 0.25) is 0 Å². The number of terminal acetylenes is 1. The molecule has 30 heavy (non-hydrogen) atoms. The van der Waals surface area contributed by atoms with E-state index in [0.717, 1.165) is 5.56 Å². The number of nitrogens with one attached hydrogen (secondary N) is 2. The molecular formula is C23H27N5O2. The number of rotatable bonds is 7. The summed E-state index contributed by atoms with van der Waals surface area (Å²) in [5.74, 6) is 11.3.